The van der Waals surface area contributed by atoms with Crippen molar-refractivity contribution in [2.45, 2.75) is 72.6 Å². The van der Waals surface area contributed by atoms with E-state index in [1.54, 1.807) is 18.2 Å². The summed E-state index contributed by atoms with van der Waals surface area (Å²) in [5, 5.41) is 7.47. The molecular weight excluding hydrogens is 659 g/mol. The van der Waals surface area contributed by atoms with Crippen molar-refractivity contribution in [3.63, 3.8) is 0 Å². The van der Waals surface area contributed by atoms with Gasteiger partial charge in [-0.3, -0.25) is 13.9 Å². The fourth-order valence-corrected chi connectivity index (χ4v) is 8.18. The van der Waals surface area contributed by atoms with Crippen LogP contribution in [0, 0.1) is 5.82 Å². The third-order valence-corrected chi connectivity index (χ3v) is 11.3. The van der Waals surface area contributed by atoms with Crippen molar-refractivity contribution in [1.82, 2.24) is 9.62 Å². The molecule has 8 nitrogen and oxygen atoms in total. The molecule has 2 aromatic carbocycles. The number of likely N-dealkylation sites (tertiary alicyclic amines) is 1. The van der Waals surface area contributed by atoms with Gasteiger partial charge in [0.2, 0.25) is 10.0 Å². The number of rotatable bonds is 8. The zero-order valence-corrected chi connectivity index (χ0v) is 25.6. The highest BCUT2D eigenvalue weighted by Gasteiger charge is 2.39. The van der Waals surface area contributed by atoms with Crippen LogP contribution in [0.3, 0.4) is 0 Å². The number of benzene rings is 2. The molecule has 2 saturated carbocycles. The van der Waals surface area contributed by atoms with Crippen molar-refractivity contribution < 1.29 is 44.9 Å². The van der Waals surface area contributed by atoms with Gasteiger partial charge in [0.05, 0.1) is 21.6 Å². The van der Waals surface area contributed by atoms with Crippen molar-refractivity contribution in [1.29, 1.82) is 0 Å². The molecule has 43 heavy (non-hydrogen) atoms. The average molecular weight is 688 g/mol. The number of hydrogen-bond donors (Lipinski definition) is 2. The molecule has 0 bridgehead atoms. The Morgan fingerprint density at radius 2 is 1.53 bits per heavy atom. The second-order valence-electron chi connectivity index (χ2n) is 10.7. The van der Waals surface area contributed by atoms with Crippen LogP contribution in [0.2, 0.25) is 10.0 Å². The Bertz CT molecular complexity index is 1500. The third-order valence-electron chi connectivity index (χ3n) is 7.23. The molecule has 1 amide bonds. The molecule has 2 aromatic rings. The number of sulfonamides is 1. The van der Waals surface area contributed by atoms with Crippen LogP contribution in [0.1, 0.15) is 65.9 Å². The van der Waals surface area contributed by atoms with Crippen molar-refractivity contribution in [2.24, 2.45) is 0 Å². The van der Waals surface area contributed by atoms with Gasteiger partial charge < -0.3 is 5.11 Å². The lowest BCUT2D eigenvalue weighted by Gasteiger charge is -2.32. The topological polar surface area (TPSA) is 121 Å². The Hall–Kier alpha value is -2.26. The summed E-state index contributed by atoms with van der Waals surface area (Å²) in [6.45, 7) is 1.93. The van der Waals surface area contributed by atoms with E-state index in [9.17, 15) is 35.0 Å². The Labute approximate surface area is 258 Å². The number of carboxylic acids is 1. The molecule has 3 aliphatic rings. The molecule has 1 unspecified atom stereocenters. The van der Waals surface area contributed by atoms with Gasteiger partial charge in [-0.05, 0) is 99.0 Å². The number of nitrogens with one attached hydrogen (secondary N) is 1. The van der Waals surface area contributed by atoms with E-state index >= 15 is 0 Å². The van der Waals surface area contributed by atoms with Crippen LogP contribution < -0.4 is 4.72 Å². The lowest BCUT2D eigenvalue weighted by Crippen LogP contribution is -2.37. The number of piperidine rings is 1. The molecule has 236 valence electrons. The molecule has 2 N–H and O–H groups in total. The lowest BCUT2D eigenvalue weighted by molar-refractivity contribution is -0.192. The quantitative estimate of drug-likeness (QED) is 0.345. The van der Waals surface area contributed by atoms with Gasteiger partial charge in [-0.25, -0.2) is 22.3 Å². The minimum absolute atomic E-state index is 0.0186. The zero-order valence-electron chi connectivity index (χ0n) is 22.5. The third kappa shape index (κ3) is 9.13. The van der Waals surface area contributed by atoms with Crippen LogP contribution in [0.4, 0.5) is 17.6 Å². The Balaban J connectivity index is 0.000000541. The number of nitrogens with zero attached hydrogens (tertiary/aromatic N) is 1. The standard InChI is InChI=1S/C25H27Cl2FN2O4S2.C2HF3O2/c26-17-10-18(27)12-20(11-17)35(32)19-5-7-30(8-6-19)14-16-9-24(28)23(13-22(16)15-1-2-15)25(31)29-36(33,34)21-3-4-21;3-2(4,5)1(6)7/h9-13,15,19,21H,1-8,14H2,(H,29,31);(H,6,7). The highest BCUT2D eigenvalue weighted by molar-refractivity contribution is 7.91. The molecule has 1 heterocycles. The first-order valence-corrected chi connectivity index (χ1v) is 16.8. The maximum absolute atomic E-state index is 15.0. The van der Waals surface area contributed by atoms with E-state index in [0.29, 0.717) is 47.4 Å². The maximum atomic E-state index is 15.0. The van der Waals surface area contributed by atoms with E-state index < -0.39 is 49.9 Å². The highest BCUT2D eigenvalue weighted by atomic mass is 35.5. The first-order valence-electron chi connectivity index (χ1n) is 13.3. The maximum Gasteiger partial charge on any atom is 0.490 e. The second kappa shape index (κ2) is 13.4. The van der Waals surface area contributed by atoms with Crippen LogP contribution in [0.5, 0.6) is 0 Å². The van der Waals surface area contributed by atoms with Crippen LogP contribution >= 0.6 is 23.2 Å². The number of hydrogen-bond acceptors (Lipinski definition) is 6. The number of halogens is 6. The number of carbonyl (C=O) groups is 2. The largest absolute Gasteiger partial charge is 0.490 e. The molecule has 1 aliphatic heterocycles. The summed E-state index contributed by atoms with van der Waals surface area (Å²) in [7, 11) is -4.98. The monoisotopic (exact) mass is 686 g/mol. The van der Waals surface area contributed by atoms with Crippen LogP contribution in [0.25, 0.3) is 0 Å². The predicted molar refractivity (Wildman–Crippen MR) is 153 cm³/mol. The van der Waals surface area contributed by atoms with Crippen molar-refractivity contribution >= 4 is 55.9 Å². The van der Waals surface area contributed by atoms with Gasteiger partial charge in [0.1, 0.15) is 5.82 Å². The smallest absolute Gasteiger partial charge is 0.475 e. The molecule has 5 rings (SSSR count). The Morgan fingerprint density at radius 1 is 0.977 bits per heavy atom. The predicted octanol–water partition coefficient (Wildman–Crippen LogP) is 5.64. The fourth-order valence-electron chi connectivity index (χ4n) is 4.72. The van der Waals surface area contributed by atoms with Gasteiger partial charge in [0, 0.05) is 26.7 Å². The SMILES string of the molecule is O=C(NS(=O)(=O)C1CC1)c1cc(C2CC2)c(CN2CCC(S(=O)c3cc(Cl)cc(Cl)c3)CC2)cc1F.O=C(O)C(F)(F)F. The van der Waals surface area contributed by atoms with Gasteiger partial charge >= 0.3 is 12.1 Å². The van der Waals surface area contributed by atoms with Crippen LogP contribution in [-0.4, -0.2) is 64.3 Å². The highest BCUT2D eigenvalue weighted by Crippen LogP contribution is 2.43. The van der Waals surface area contributed by atoms with Crippen LogP contribution in [0.15, 0.2) is 35.2 Å². The summed E-state index contributed by atoms with van der Waals surface area (Å²) in [6, 6.07) is 7.90. The summed E-state index contributed by atoms with van der Waals surface area (Å²) in [5.41, 5.74) is 1.50. The van der Waals surface area contributed by atoms with Gasteiger partial charge in [0.15, 0.2) is 0 Å². The second-order valence-corrected chi connectivity index (χ2v) is 15.2. The van der Waals surface area contributed by atoms with Crippen molar-refractivity contribution in [3.05, 3.63) is 62.9 Å². The van der Waals surface area contributed by atoms with Crippen molar-refractivity contribution in [3.8, 4) is 0 Å². The van der Waals surface area contributed by atoms with Gasteiger partial charge in [-0.15, -0.1) is 0 Å². The molecule has 1 atom stereocenters. The molecule has 2 aliphatic carbocycles. The number of carbonyl (C=O) groups excluding carboxylic acids is 1. The molecule has 16 heteroatoms. The fraction of sp³-hybridized carbons (Fsp3) is 0.481. The first-order chi connectivity index (χ1) is 20.0. The van der Waals surface area contributed by atoms with Crippen LogP contribution in [-0.2, 0) is 32.2 Å². The van der Waals surface area contributed by atoms with Crippen molar-refractivity contribution in [2.75, 3.05) is 13.1 Å². The molecule has 0 radical (unpaired) electrons. The molecular formula is C27H28Cl2F4N2O6S2. The van der Waals surface area contributed by atoms with E-state index in [-0.39, 0.29) is 16.7 Å². The average Bonchev–Trinajstić information content (AvgIpc) is 3.80. The van der Waals surface area contributed by atoms with Gasteiger partial charge in [-0.2, -0.15) is 13.2 Å². The number of aliphatic carboxylic acids is 1. The van der Waals surface area contributed by atoms with E-state index in [0.717, 1.165) is 36.8 Å². The summed E-state index contributed by atoms with van der Waals surface area (Å²) >= 11 is 12.1. The minimum atomic E-state index is -5.08. The van der Waals surface area contributed by atoms with E-state index in [2.05, 4.69) is 4.90 Å². The summed E-state index contributed by atoms with van der Waals surface area (Å²) in [4.78, 5) is 24.3. The first kappa shape index (κ1) is 33.6. The lowest BCUT2D eigenvalue weighted by atomic mass is 9.98. The number of carboxylic acid groups (broad SMARTS) is 1. The Morgan fingerprint density at radius 3 is 2.02 bits per heavy atom. The summed E-state index contributed by atoms with van der Waals surface area (Å²) in [6.07, 6.45) is -0.676. The van der Waals surface area contributed by atoms with Gasteiger partial charge in [0.25, 0.3) is 5.91 Å². The number of amides is 1. The summed E-state index contributed by atoms with van der Waals surface area (Å²) < 4.78 is 86.1. The Kier molecular flexibility index (Phi) is 10.5. The zero-order chi connectivity index (χ0) is 31.7. The molecule has 0 spiro atoms. The van der Waals surface area contributed by atoms with Gasteiger partial charge in [-0.1, -0.05) is 23.2 Å². The van der Waals surface area contributed by atoms with E-state index in [1.807, 2.05) is 4.72 Å². The van der Waals surface area contributed by atoms with E-state index in [1.165, 1.54) is 12.1 Å². The molecule has 1 saturated heterocycles. The minimum Gasteiger partial charge on any atom is -0.475 e. The number of alkyl halides is 3. The molecule has 3 fully saturated rings. The summed E-state index contributed by atoms with van der Waals surface area (Å²) in [5.74, 6) is -4.12. The normalized spacial score (nSPS) is 18.8. The molecule has 0 aromatic heterocycles. The van der Waals surface area contributed by atoms with E-state index in [4.69, 9.17) is 33.1 Å².